The van der Waals surface area contributed by atoms with E-state index in [1.54, 1.807) is 14.2 Å². The monoisotopic (exact) mass is 394 g/mol. The van der Waals surface area contributed by atoms with Crippen molar-refractivity contribution in [1.82, 2.24) is 15.5 Å². The zero-order valence-corrected chi connectivity index (χ0v) is 17.3. The quantitative estimate of drug-likeness (QED) is 0.410. The molecule has 2 aromatic carbocycles. The van der Waals surface area contributed by atoms with E-state index in [0.717, 1.165) is 50.7 Å². The van der Waals surface area contributed by atoms with Crippen LogP contribution >= 0.6 is 0 Å². The van der Waals surface area contributed by atoms with Crippen molar-refractivity contribution < 1.29 is 9.53 Å². The molecule has 3 rings (SSSR count). The van der Waals surface area contributed by atoms with Gasteiger partial charge >= 0.3 is 0 Å². The van der Waals surface area contributed by atoms with Crippen molar-refractivity contribution >= 4 is 11.9 Å². The van der Waals surface area contributed by atoms with Crippen molar-refractivity contribution in [1.29, 1.82) is 0 Å². The molecule has 0 bridgehead atoms. The molecule has 1 aliphatic rings. The van der Waals surface area contributed by atoms with Gasteiger partial charge in [0.05, 0.1) is 7.11 Å². The molecule has 0 spiro atoms. The SMILES string of the molecule is CN=C(NCCCC(=O)N1Cc2ccccc2C1)NCCc1ccc(OC)cc1. The highest BCUT2D eigenvalue weighted by Crippen LogP contribution is 2.22. The Bertz CT molecular complexity index is 808. The zero-order valence-electron chi connectivity index (χ0n) is 17.3. The number of carbonyl (C=O) groups excluding carboxylic acids is 1. The van der Waals surface area contributed by atoms with Crippen LogP contribution in [-0.4, -0.2) is 44.0 Å². The van der Waals surface area contributed by atoms with Crippen LogP contribution in [0.2, 0.25) is 0 Å². The zero-order chi connectivity index (χ0) is 20.5. The second-order valence-corrected chi connectivity index (χ2v) is 7.15. The third-order valence-corrected chi connectivity index (χ3v) is 5.14. The van der Waals surface area contributed by atoms with Gasteiger partial charge in [0.15, 0.2) is 5.96 Å². The topological polar surface area (TPSA) is 66.0 Å². The molecule has 2 aromatic rings. The van der Waals surface area contributed by atoms with Gasteiger partial charge in [0.25, 0.3) is 0 Å². The molecule has 0 saturated carbocycles. The summed E-state index contributed by atoms with van der Waals surface area (Å²) in [6.07, 6.45) is 2.23. The maximum atomic E-state index is 12.4. The molecular formula is C23H30N4O2. The second kappa shape index (κ2) is 10.5. The third-order valence-electron chi connectivity index (χ3n) is 5.14. The fourth-order valence-corrected chi connectivity index (χ4v) is 3.45. The van der Waals surface area contributed by atoms with Gasteiger partial charge < -0.3 is 20.3 Å². The fourth-order valence-electron chi connectivity index (χ4n) is 3.45. The Balaban J connectivity index is 1.31. The number of nitrogens with one attached hydrogen (secondary N) is 2. The summed E-state index contributed by atoms with van der Waals surface area (Å²) in [6.45, 7) is 2.97. The van der Waals surface area contributed by atoms with Crippen LogP contribution in [0.5, 0.6) is 5.75 Å². The van der Waals surface area contributed by atoms with Crippen molar-refractivity contribution in [3.05, 3.63) is 65.2 Å². The van der Waals surface area contributed by atoms with Crippen LogP contribution in [0.1, 0.15) is 29.5 Å². The number of nitrogens with zero attached hydrogens (tertiary/aromatic N) is 2. The Labute approximate surface area is 173 Å². The van der Waals surface area contributed by atoms with Gasteiger partial charge in [0.1, 0.15) is 5.75 Å². The van der Waals surface area contributed by atoms with Gasteiger partial charge in [0, 0.05) is 39.6 Å². The van der Waals surface area contributed by atoms with E-state index in [-0.39, 0.29) is 5.91 Å². The largest absolute Gasteiger partial charge is 0.497 e. The first-order valence-corrected chi connectivity index (χ1v) is 10.1. The highest BCUT2D eigenvalue weighted by Gasteiger charge is 2.22. The van der Waals surface area contributed by atoms with Gasteiger partial charge in [-0.2, -0.15) is 0 Å². The first-order valence-electron chi connectivity index (χ1n) is 10.1. The molecule has 29 heavy (non-hydrogen) atoms. The molecule has 0 aromatic heterocycles. The molecular weight excluding hydrogens is 364 g/mol. The maximum absolute atomic E-state index is 12.4. The lowest BCUT2D eigenvalue weighted by Gasteiger charge is -2.16. The smallest absolute Gasteiger partial charge is 0.223 e. The first kappa shape index (κ1) is 20.7. The number of fused-ring (bicyclic) bond motifs is 1. The molecule has 2 N–H and O–H groups in total. The van der Waals surface area contributed by atoms with Crippen molar-refractivity contribution in [2.75, 3.05) is 27.2 Å². The predicted octanol–water partition coefficient (Wildman–Crippen LogP) is 2.73. The van der Waals surface area contributed by atoms with Crippen LogP contribution in [0.25, 0.3) is 0 Å². The number of ether oxygens (including phenoxy) is 1. The number of rotatable bonds is 8. The lowest BCUT2D eigenvalue weighted by atomic mass is 10.1. The van der Waals surface area contributed by atoms with Gasteiger partial charge in [-0.1, -0.05) is 36.4 Å². The van der Waals surface area contributed by atoms with Crippen LogP contribution in [0.4, 0.5) is 0 Å². The summed E-state index contributed by atoms with van der Waals surface area (Å²) >= 11 is 0. The van der Waals surface area contributed by atoms with Crippen molar-refractivity contribution in [2.24, 2.45) is 4.99 Å². The Morgan fingerprint density at radius 2 is 1.69 bits per heavy atom. The minimum atomic E-state index is 0.213. The standard InChI is InChI=1S/C23H30N4O2/c1-24-23(26-15-13-18-9-11-21(29-2)12-10-18)25-14-5-8-22(28)27-16-19-6-3-4-7-20(19)17-27/h3-4,6-7,9-12H,5,8,13-17H2,1-2H3,(H2,24,25,26). The third kappa shape index (κ3) is 5.98. The minimum absolute atomic E-state index is 0.213. The van der Waals surface area contributed by atoms with Crippen molar-refractivity contribution in [3.63, 3.8) is 0 Å². The van der Waals surface area contributed by atoms with Crippen LogP contribution in [0.3, 0.4) is 0 Å². The summed E-state index contributed by atoms with van der Waals surface area (Å²) in [5, 5.41) is 6.60. The highest BCUT2D eigenvalue weighted by molar-refractivity contribution is 5.80. The van der Waals surface area contributed by atoms with Crippen LogP contribution in [0, 0.1) is 0 Å². The molecule has 1 aliphatic heterocycles. The molecule has 1 heterocycles. The van der Waals surface area contributed by atoms with E-state index >= 15 is 0 Å². The predicted molar refractivity (Wildman–Crippen MR) is 116 cm³/mol. The van der Waals surface area contributed by atoms with Gasteiger partial charge in [-0.3, -0.25) is 9.79 Å². The molecule has 154 valence electrons. The molecule has 0 unspecified atom stereocenters. The maximum Gasteiger partial charge on any atom is 0.223 e. The van der Waals surface area contributed by atoms with Gasteiger partial charge in [-0.25, -0.2) is 0 Å². The summed E-state index contributed by atoms with van der Waals surface area (Å²) in [4.78, 5) is 18.6. The molecule has 1 amide bonds. The van der Waals surface area contributed by atoms with Gasteiger partial charge in [0.2, 0.25) is 5.91 Å². The molecule has 6 nitrogen and oxygen atoms in total. The molecule has 0 saturated heterocycles. The second-order valence-electron chi connectivity index (χ2n) is 7.15. The number of amides is 1. The number of hydrogen-bond acceptors (Lipinski definition) is 3. The lowest BCUT2D eigenvalue weighted by molar-refractivity contribution is -0.131. The van der Waals surface area contributed by atoms with Crippen molar-refractivity contribution in [2.45, 2.75) is 32.4 Å². The van der Waals surface area contributed by atoms with E-state index in [2.05, 4.69) is 39.9 Å². The number of aliphatic imine (C=N–C) groups is 1. The first-order chi connectivity index (χ1) is 14.2. The molecule has 0 aliphatic carbocycles. The molecule has 0 atom stereocenters. The van der Waals surface area contributed by atoms with E-state index in [1.807, 2.05) is 29.2 Å². The average Bonchev–Trinajstić information content (AvgIpc) is 3.20. The number of guanidine groups is 1. The Morgan fingerprint density at radius 3 is 2.31 bits per heavy atom. The summed E-state index contributed by atoms with van der Waals surface area (Å²) in [5.41, 5.74) is 3.77. The van der Waals surface area contributed by atoms with Crippen LogP contribution in [-0.2, 0) is 24.3 Å². The van der Waals surface area contributed by atoms with E-state index in [1.165, 1.54) is 16.7 Å². The van der Waals surface area contributed by atoms with E-state index in [4.69, 9.17) is 4.74 Å². The Hall–Kier alpha value is -3.02. The number of carbonyl (C=O) groups is 1. The molecule has 0 fully saturated rings. The van der Waals surface area contributed by atoms with Crippen LogP contribution < -0.4 is 15.4 Å². The fraction of sp³-hybridized carbons (Fsp3) is 0.391. The van der Waals surface area contributed by atoms with Gasteiger partial charge in [-0.15, -0.1) is 0 Å². The lowest BCUT2D eigenvalue weighted by Crippen LogP contribution is -2.39. The average molecular weight is 395 g/mol. The minimum Gasteiger partial charge on any atom is -0.497 e. The number of methoxy groups -OCH3 is 1. The van der Waals surface area contributed by atoms with Crippen LogP contribution in [0.15, 0.2) is 53.5 Å². The molecule has 6 heteroatoms. The van der Waals surface area contributed by atoms with E-state index in [0.29, 0.717) is 6.42 Å². The van der Waals surface area contributed by atoms with E-state index < -0.39 is 0 Å². The Kier molecular flexibility index (Phi) is 7.50. The highest BCUT2D eigenvalue weighted by atomic mass is 16.5. The normalized spacial score (nSPS) is 13.2. The molecule has 0 radical (unpaired) electrons. The summed E-state index contributed by atoms with van der Waals surface area (Å²) in [7, 11) is 3.43. The van der Waals surface area contributed by atoms with Crippen molar-refractivity contribution in [3.8, 4) is 5.75 Å². The van der Waals surface area contributed by atoms with Gasteiger partial charge in [-0.05, 0) is 41.7 Å². The summed E-state index contributed by atoms with van der Waals surface area (Å²) < 4.78 is 5.18. The Morgan fingerprint density at radius 1 is 1.03 bits per heavy atom. The van der Waals surface area contributed by atoms with E-state index in [9.17, 15) is 4.79 Å². The summed E-state index contributed by atoms with van der Waals surface area (Å²) in [6, 6.07) is 16.3. The summed E-state index contributed by atoms with van der Waals surface area (Å²) in [5.74, 6) is 1.84. The number of hydrogen-bond donors (Lipinski definition) is 2. The number of benzene rings is 2.